The summed E-state index contributed by atoms with van der Waals surface area (Å²) < 4.78 is 30.9. The predicted octanol–water partition coefficient (Wildman–Crippen LogP) is 1.68. The van der Waals surface area contributed by atoms with Gasteiger partial charge in [-0.05, 0) is 32.0 Å². The van der Waals surface area contributed by atoms with E-state index in [1.165, 1.54) is 23.1 Å². The van der Waals surface area contributed by atoms with Gasteiger partial charge in [0.25, 0.3) is 5.91 Å². The normalized spacial score (nSPS) is 11.2. The Morgan fingerprint density at radius 1 is 1.17 bits per heavy atom. The Hall–Kier alpha value is -1.35. The lowest BCUT2D eigenvalue weighted by molar-refractivity contribution is -0.150. The number of amides is 1. The number of nitrogens with one attached hydrogen (secondary N) is 1. The minimum absolute atomic E-state index is 0.0759. The van der Waals surface area contributed by atoms with Crippen LogP contribution in [0.1, 0.15) is 13.8 Å². The maximum atomic E-state index is 12.0. The van der Waals surface area contributed by atoms with E-state index in [0.717, 1.165) is 0 Å². The highest BCUT2D eigenvalue weighted by Gasteiger charge is 2.18. The largest absolute Gasteiger partial charge is 0.455 e. The van der Waals surface area contributed by atoms with E-state index in [1.54, 1.807) is 13.8 Å². The second kappa shape index (κ2) is 9.22. The number of ether oxygens (including phenoxy) is 1. The van der Waals surface area contributed by atoms with Gasteiger partial charge < -0.3 is 9.64 Å². The predicted molar refractivity (Wildman–Crippen MR) is 90.5 cm³/mol. The van der Waals surface area contributed by atoms with E-state index in [2.05, 4.69) is 4.72 Å². The second-order valence-corrected chi connectivity index (χ2v) is 7.21. The molecule has 0 aliphatic rings. The smallest absolute Gasteiger partial charge is 0.321 e. The number of rotatable bonds is 8. The molecule has 1 aromatic rings. The molecule has 0 saturated carbocycles. The van der Waals surface area contributed by atoms with Gasteiger partial charge in [0.2, 0.25) is 10.0 Å². The summed E-state index contributed by atoms with van der Waals surface area (Å²) in [6, 6.07) is 3.76. The van der Waals surface area contributed by atoms with Gasteiger partial charge in [-0.2, -0.15) is 4.72 Å². The van der Waals surface area contributed by atoms with Crippen LogP contribution in [0, 0.1) is 0 Å². The maximum absolute atomic E-state index is 12.0. The summed E-state index contributed by atoms with van der Waals surface area (Å²) in [5.74, 6) is -1.21. The summed E-state index contributed by atoms with van der Waals surface area (Å²) in [7, 11) is -3.95. The molecular formula is C14H18Cl2N2O5S. The first-order valence-electron chi connectivity index (χ1n) is 7.09. The molecule has 0 fully saturated rings. The van der Waals surface area contributed by atoms with Crippen molar-refractivity contribution in [2.75, 3.05) is 26.2 Å². The fraction of sp³-hybridized carbons (Fsp3) is 0.429. The van der Waals surface area contributed by atoms with Crippen molar-refractivity contribution in [1.82, 2.24) is 9.62 Å². The van der Waals surface area contributed by atoms with Gasteiger partial charge in [0.1, 0.15) is 6.54 Å². The van der Waals surface area contributed by atoms with Gasteiger partial charge in [-0.15, -0.1) is 0 Å². The molecule has 134 valence electrons. The highest BCUT2D eigenvalue weighted by atomic mass is 35.5. The molecule has 1 aromatic carbocycles. The molecule has 0 atom stereocenters. The molecule has 1 N–H and O–H groups in total. The van der Waals surface area contributed by atoms with Crippen molar-refractivity contribution >= 4 is 45.1 Å². The Morgan fingerprint density at radius 2 is 1.79 bits per heavy atom. The number of hydrogen-bond acceptors (Lipinski definition) is 5. The van der Waals surface area contributed by atoms with E-state index in [-0.39, 0.29) is 20.8 Å². The van der Waals surface area contributed by atoms with Crippen molar-refractivity contribution in [2.24, 2.45) is 0 Å². The van der Waals surface area contributed by atoms with Crippen LogP contribution in [0.25, 0.3) is 0 Å². The average molecular weight is 397 g/mol. The van der Waals surface area contributed by atoms with E-state index < -0.39 is 29.1 Å². The van der Waals surface area contributed by atoms with Crippen molar-refractivity contribution < 1.29 is 22.7 Å². The molecule has 0 spiro atoms. The lowest BCUT2D eigenvalue weighted by Crippen LogP contribution is -2.36. The molecule has 0 aliphatic heterocycles. The molecule has 0 unspecified atom stereocenters. The zero-order chi connectivity index (χ0) is 18.3. The zero-order valence-electron chi connectivity index (χ0n) is 13.2. The number of benzene rings is 1. The number of halogens is 2. The summed E-state index contributed by atoms with van der Waals surface area (Å²) in [6.45, 7) is 3.56. The van der Waals surface area contributed by atoms with Crippen LogP contribution in [0.3, 0.4) is 0 Å². The first-order chi connectivity index (χ1) is 11.2. The van der Waals surface area contributed by atoms with Gasteiger partial charge in [-0.1, -0.05) is 23.2 Å². The Balaban J connectivity index is 2.56. The fourth-order valence-electron chi connectivity index (χ4n) is 1.74. The lowest BCUT2D eigenvalue weighted by atomic mass is 10.4. The molecule has 0 heterocycles. The maximum Gasteiger partial charge on any atom is 0.321 e. The standard InChI is InChI=1S/C14H18Cl2N2O5S/c1-3-18(4-2)13(19)9-23-14(20)8-17-24(21,22)10-5-6-11(15)12(16)7-10/h5-7,17H,3-4,8-9H2,1-2H3. The van der Waals surface area contributed by atoms with E-state index in [0.29, 0.717) is 13.1 Å². The second-order valence-electron chi connectivity index (χ2n) is 4.63. The van der Waals surface area contributed by atoms with Crippen LogP contribution in [0.15, 0.2) is 23.1 Å². The molecule has 0 radical (unpaired) electrons. The number of esters is 1. The molecule has 24 heavy (non-hydrogen) atoms. The van der Waals surface area contributed by atoms with E-state index in [1.807, 2.05) is 0 Å². The van der Waals surface area contributed by atoms with Gasteiger partial charge in [0, 0.05) is 13.1 Å². The van der Waals surface area contributed by atoms with Gasteiger partial charge in [-0.3, -0.25) is 9.59 Å². The highest BCUT2D eigenvalue weighted by Crippen LogP contribution is 2.24. The van der Waals surface area contributed by atoms with E-state index in [4.69, 9.17) is 27.9 Å². The Labute approximate surface area is 150 Å². The summed E-state index contributed by atoms with van der Waals surface area (Å²) in [5, 5.41) is 0.289. The molecule has 0 bridgehead atoms. The molecule has 0 saturated heterocycles. The van der Waals surface area contributed by atoms with Crippen LogP contribution in [-0.2, 0) is 24.3 Å². The average Bonchev–Trinajstić information content (AvgIpc) is 2.54. The van der Waals surface area contributed by atoms with Gasteiger partial charge in [0.15, 0.2) is 6.61 Å². The van der Waals surface area contributed by atoms with Gasteiger partial charge >= 0.3 is 5.97 Å². The Kier molecular flexibility index (Phi) is 7.95. The number of nitrogens with zero attached hydrogens (tertiary/aromatic N) is 1. The molecule has 7 nitrogen and oxygen atoms in total. The number of sulfonamides is 1. The minimum Gasteiger partial charge on any atom is -0.455 e. The number of hydrogen-bond donors (Lipinski definition) is 1. The summed E-state index contributed by atoms with van der Waals surface area (Å²) >= 11 is 11.5. The molecular weight excluding hydrogens is 379 g/mol. The van der Waals surface area contributed by atoms with Crippen LogP contribution in [0.4, 0.5) is 0 Å². The van der Waals surface area contributed by atoms with Crippen molar-refractivity contribution in [3.8, 4) is 0 Å². The third-order valence-electron chi connectivity index (χ3n) is 3.08. The van der Waals surface area contributed by atoms with Crippen molar-refractivity contribution in [3.05, 3.63) is 28.2 Å². The zero-order valence-corrected chi connectivity index (χ0v) is 15.5. The number of carbonyl (C=O) groups is 2. The van der Waals surface area contributed by atoms with Crippen LogP contribution in [0.2, 0.25) is 10.0 Å². The van der Waals surface area contributed by atoms with E-state index in [9.17, 15) is 18.0 Å². The van der Waals surface area contributed by atoms with Crippen molar-refractivity contribution in [3.63, 3.8) is 0 Å². The molecule has 0 aliphatic carbocycles. The van der Waals surface area contributed by atoms with Crippen molar-refractivity contribution in [2.45, 2.75) is 18.7 Å². The van der Waals surface area contributed by atoms with E-state index >= 15 is 0 Å². The third kappa shape index (κ3) is 5.94. The fourth-order valence-corrected chi connectivity index (χ4v) is 3.10. The van der Waals surface area contributed by atoms with Crippen LogP contribution in [-0.4, -0.2) is 51.4 Å². The number of carbonyl (C=O) groups excluding carboxylic acids is 2. The van der Waals surface area contributed by atoms with Gasteiger partial charge in [-0.25, -0.2) is 8.42 Å². The Bertz CT molecular complexity index is 705. The first-order valence-corrected chi connectivity index (χ1v) is 9.33. The summed E-state index contributed by atoms with van der Waals surface area (Å²) in [6.07, 6.45) is 0. The highest BCUT2D eigenvalue weighted by molar-refractivity contribution is 7.89. The SMILES string of the molecule is CCN(CC)C(=O)COC(=O)CNS(=O)(=O)c1ccc(Cl)c(Cl)c1. The monoisotopic (exact) mass is 396 g/mol. The minimum atomic E-state index is -3.95. The first kappa shape index (κ1) is 20.7. The molecule has 1 rings (SSSR count). The van der Waals surface area contributed by atoms with Crippen molar-refractivity contribution in [1.29, 1.82) is 0 Å². The topological polar surface area (TPSA) is 92.8 Å². The summed E-state index contributed by atoms with van der Waals surface area (Å²) in [5.41, 5.74) is 0. The molecule has 0 aromatic heterocycles. The van der Waals surface area contributed by atoms with Crippen LogP contribution >= 0.6 is 23.2 Å². The Morgan fingerprint density at radius 3 is 2.33 bits per heavy atom. The lowest BCUT2D eigenvalue weighted by Gasteiger charge is -2.18. The van der Waals surface area contributed by atoms with Gasteiger partial charge in [0.05, 0.1) is 14.9 Å². The molecule has 1 amide bonds. The molecule has 10 heteroatoms. The quantitative estimate of drug-likeness (QED) is 0.674. The third-order valence-corrected chi connectivity index (χ3v) is 5.22. The van der Waals surface area contributed by atoms with Crippen LogP contribution in [0.5, 0.6) is 0 Å². The van der Waals surface area contributed by atoms with Crippen LogP contribution < -0.4 is 4.72 Å². The number of likely N-dealkylation sites (N-methyl/N-ethyl adjacent to an activating group) is 1. The summed E-state index contributed by atoms with van der Waals surface area (Å²) in [4.78, 5) is 24.6.